The number of nitrogens with zero attached hydrogens (tertiary/aromatic N) is 1. The van der Waals surface area contributed by atoms with Crippen molar-refractivity contribution in [1.29, 1.82) is 0 Å². The van der Waals surface area contributed by atoms with Gasteiger partial charge in [0, 0.05) is 17.6 Å². The molecule has 8 nitrogen and oxygen atoms in total. The second-order valence-electron chi connectivity index (χ2n) is 9.07. The van der Waals surface area contributed by atoms with Crippen LogP contribution in [0.1, 0.15) is 79.3 Å². The monoisotopic (exact) mass is 449 g/mol. The number of carbonyl (C=O) groups is 3. The van der Waals surface area contributed by atoms with Gasteiger partial charge in [0.2, 0.25) is 11.8 Å². The topological polar surface area (TPSA) is 108 Å². The molecule has 0 saturated heterocycles. The van der Waals surface area contributed by atoms with E-state index in [0.717, 1.165) is 12.8 Å². The molecule has 3 unspecified atom stereocenters. The first-order valence-electron chi connectivity index (χ1n) is 11.3. The summed E-state index contributed by atoms with van der Waals surface area (Å²) in [6.07, 6.45) is 1.56. The first-order chi connectivity index (χ1) is 14.9. The fraction of sp³-hybridized carbons (Fsp3) is 0.625. The molecule has 0 aliphatic carbocycles. The van der Waals surface area contributed by atoms with E-state index in [1.807, 2.05) is 27.7 Å². The number of rotatable bonds is 10. The van der Waals surface area contributed by atoms with Crippen molar-refractivity contribution in [1.82, 2.24) is 15.5 Å². The van der Waals surface area contributed by atoms with E-state index in [9.17, 15) is 19.5 Å². The Morgan fingerprint density at radius 1 is 1.12 bits per heavy atom. The van der Waals surface area contributed by atoms with Crippen molar-refractivity contribution >= 4 is 17.9 Å². The number of nitrogens with one attached hydrogen (secondary N) is 2. The van der Waals surface area contributed by atoms with Gasteiger partial charge in [-0.15, -0.1) is 0 Å². The Morgan fingerprint density at radius 2 is 1.75 bits per heavy atom. The van der Waals surface area contributed by atoms with E-state index in [2.05, 4.69) is 10.6 Å². The molecule has 0 fully saturated rings. The standard InChI is InChI=1S/C24H39N3O5/c1-8-12-16(3)26-22(30)21(18-13-10-11-14-19(18)28)27(17(4)9-2)20(29)15-25-23(31)32-24(5,6)7/h10-11,13-14,16-17,21,28H,8-9,12,15H2,1-7H3,(H,25,31)(H,26,30). The summed E-state index contributed by atoms with van der Waals surface area (Å²) in [4.78, 5) is 40.1. The Morgan fingerprint density at radius 3 is 2.28 bits per heavy atom. The SMILES string of the molecule is CCCC(C)NC(=O)C(c1ccccc1O)N(C(=O)CNC(=O)OC(C)(C)C)C(C)CC. The van der Waals surface area contributed by atoms with Crippen LogP contribution >= 0.6 is 0 Å². The fourth-order valence-corrected chi connectivity index (χ4v) is 3.36. The van der Waals surface area contributed by atoms with Crippen LogP contribution in [0.4, 0.5) is 4.79 Å². The van der Waals surface area contributed by atoms with Gasteiger partial charge < -0.3 is 25.4 Å². The molecule has 0 heterocycles. The Bertz CT molecular complexity index is 775. The predicted octanol–water partition coefficient (Wildman–Crippen LogP) is 3.89. The molecule has 32 heavy (non-hydrogen) atoms. The number of carbonyl (C=O) groups excluding carboxylic acids is 3. The Hall–Kier alpha value is -2.77. The molecule has 1 aromatic carbocycles. The van der Waals surface area contributed by atoms with Crippen LogP contribution in [0.25, 0.3) is 0 Å². The van der Waals surface area contributed by atoms with Crippen LogP contribution in [0.5, 0.6) is 5.75 Å². The smallest absolute Gasteiger partial charge is 0.408 e. The molecule has 180 valence electrons. The second-order valence-corrected chi connectivity index (χ2v) is 9.07. The van der Waals surface area contributed by atoms with Crippen molar-refractivity contribution in [2.24, 2.45) is 0 Å². The summed E-state index contributed by atoms with van der Waals surface area (Å²) in [6, 6.07) is 5.04. The number of benzene rings is 1. The van der Waals surface area contributed by atoms with Crippen LogP contribution in [0.2, 0.25) is 0 Å². The largest absolute Gasteiger partial charge is 0.508 e. The fourth-order valence-electron chi connectivity index (χ4n) is 3.36. The number of amides is 3. The Balaban J connectivity index is 3.25. The highest BCUT2D eigenvalue weighted by molar-refractivity contribution is 5.91. The molecular formula is C24H39N3O5. The van der Waals surface area contributed by atoms with Crippen molar-refractivity contribution in [3.8, 4) is 5.75 Å². The summed E-state index contributed by atoms with van der Waals surface area (Å²) in [5.74, 6) is -0.896. The minimum atomic E-state index is -1.04. The maximum Gasteiger partial charge on any atom is 0.408 e. The van der Waals surface area contributed by atoms with Crippen LogP contribution in [0.15, 0.2) is 24.3 Å². The molecule has 0 saturated carbocycles. The van der Waals surface area contributed by atoms with E-state index in [1.54, 1.807) is 39.0 Å². The molecule has 0 aliphatic heterocycles. The maximum atomic E-state index is 13.3. The number of para-hydroxylation sites is 1. The first kappa shape index (κ1) is 27.3. The Labute approximate surface area is 191 Å². The summed E-state index contributed by atoms with van der Waals surface area (Å²) >= 11 is 0. The van der Waals surface area contributed by atoms with Gasteiger partial charge in [0.05, 0.1) is 0 Å². The van der Waals surface area contributed by atoms with Crippen molar-refractivity contribution in [3.63, 3.8) is 0 Å². The zero-order valence-corrected chi connectivity index (χ0v) is 20.4. The summed E-state index contributed by atoms with van der Waals surface area (Å²) in [5.41, 5.74) is -0.364. The van der Waals surface area contributed by atoms with Crippen LogP contribution in [-0.4, -0.2) is 52.1 Å². The van der Waals surface area contributed by atoms with Crippen molar-refractivity contribution in [2.75, 3.05) is 6.54 Å². The molecule has 3 N–H and O–H groups in total. The van der Waals surface area contributed by atoms with Gasteiger partial charge in [0.25, 0.3) is 0 Å². The predicted molar refractivity (Wildman–Crippen MR) is 124 cm³/mol. The molecular weight excluding hydrogens is 410 g/mol. The number of alkyl carbamates (subject to hydrolysis) is 1. The lowest BCUT2D eigenvalue weighted by molar-refractivity contribution is -0.143. The maximum absolute atomic E-state index is 13.3. The van der Waals surface area contributed by atoms with E-state index >= 15 is 0 Å². The van der Waals surface area contributed by atoms with Gasteiger partial charge in [-0.1, -0.05) is 38.5 Å². The molecule has 1 rings (SSSR count). The molecule has 3 atom stereocenters. The second kappa shape index (κ2) is 12.3. The van der Waals surface area contributed by atoms with Gasteiger partial charge in [-0.05, 0) is 53.5 Å². The van der Waals surface area contributed by atoms with E-state index in [1.165, 1.54) is 11.0 Å². The first-order valence-corrected chi connectivity index (χ1v) is 11.3. The lowest BCUT2D eigenvalue weighted by Crippen LogP contribution is -2.52. The molecule has 0 aromatic heterocycles. The highest BCUT2D eigenvalue weighted by Gasteiger charge is 2.36. The van der Waals surface area contributed by atoms with E-state index in [0.29, 0.717) is 12.0 Å². The zero-order valence-electron chi connectivity index (χ0n) is 20.4. The molecule has 0 aliphatic rings. The van der Waals surface area contributed by atoms with Crippen LogP contribution in [0.3, 0.4) is 0 Å². The molecule has 0 spiro atoms. The van der Waals surface area contributed by atoms with Gasteiger partial charge in [-0.25, -0.2) is 4.79 Å². The van der Waals surface area contributed by atoms with Crippen molar-refractivity contribution in [2.45, 2.75) is 91.5 Å². The van der Waals surface area contributed by atoms with Gasteiger partial charge in [0.1, 0.15) is 23.9 Å². The normalized spacial score (nSPS) is 14.1. The minimum absolute atomic E-state index is 0.0722. The van der Waals surface area contributed by atoms with Crippen molar-refractivity contribution in [3.05, 3.63) is 29.8 Å². The third kappa shape index (κ3) is 8.40. The summed E-state index contributed by atoms with van der Waals surface area (Å²) in [5, 5.41) is 15.9. The number of ether oxygens (including phenoxy) is 1. The molecule has 3 amide bonds. The number of aromatic hydroxyl groups is 1. The average molecular weight is 450 g/mol. The lowest BCUT2D eigenvalue weighted by atomic mass is 9.99. The molecule has 1 aromatic rings. The van der Waals surface area contributed by atoms with Crippen LogP contribution in [-0.2, 0) is 14.3 Å². The van der Waals surface area contributed by atoms with Crippen LogP contribution < -0.4 is 10.6 Å². The molecule has 8 heteroatoms. The third-order valence-electron chi connectivity index (χ3n) is 5.00. The number of hydrogen-bond donors (Lipinski definition) is 3. The van der Waals surface area contributed by atoms with Crippen LogP contribution in [0, 0.1) is 0 Å². The third-order valence-corrected chi connectivity index (χ3v) is 5.00. The average Bonchev–Trinajstić information content (AvgIpc) is 2.69. The lowest BCUT2D eigenvalue weighted by Gasteiger charge is -2.36. The van der Waals surface area contributed by atoms with Gasteiger partial charge in [0.15, 0.2) is 0 Å². The number of phenolic OH excluding ortho intramolecular Hbond substituents is 1. The number of hydrogen-bond acceptors (Lipinski definition) is 5. The van der Waals surface area contributed by atoms with Gasteiger partial charge in [-0.2, -0.15) is 0 Å². The van der Waals surface area contributed by atoms with Crippen molar-refractivity contribution < 1.29 is 24.2 Å². The van der Waals surface area contributed by atoms with Gasteiger partial charge in [-0.3, -0.25) is 9.59 Å². The zero-order chi connectivity index (χ0) is 24.5. The van der Waals surface area contributed by atoms with Gasteiger partial charge >= 0.3 is 6.09 Å². The molecule has 0 bridgehead atoms. The molecule has 0 radical (unpaired) electrons. The summed E-state index contributed by atoms with van der Waals surface area (Å²) in [6.45, 7) is 12.5. The van der Waals surface area contributed by atoms with E-state index in [-0.39, 0.29) is 30.3 Å². The summed E-state index contributed by atoms with van der Waals surface area (Å²) in [7, 11) is 0. The highest BCUT2D eigenvalue weighted by Crippen LogP contribution is 2.31. The quantitative estimate of drug-likeness (QED) is 0.502. The van der Waals surface area contributed by atoms with E-state index < -0.39 is 23.6 Å². The highest BCUT2D eigenvalue weighted by atomic mass is 16.6. The van der Waals surface area contributed by atoms with E-state index in [4.69, 9.17) is 4.74 Å². The summed E-state index contributed by atoms with van der Waals surface area (Å²) < 4.78 is 5.21. The number of phenols is 1. The minimum Gasteiger partial charge on any atom is -0.508 e. The Kier molecular flexibility index (Phi) is 10.5.